The third kappa shape index (κ3) is 2.14. The molecule has 1 rings (SSSR count). The molecule has 0 spiro atoms. The highest BCUT2D eigenvalue weighted by atomic mass is 32.1. The van der Waals surface area contributed by atoms with Gasteiger partial charge in [-0.2, -0.15) is 0 Å². The molecular weight excluding hydrogens is 146 g/mol. The topological polar surface area (TPSA) is 62.8 Å². The van der Waals surface area contributed by atoms with Crippen molar-refractivity contribution in [3.8, 4) is 0 Å². The van der Waals surface area contributed by atoms with E-state index in [-0.39, 0.29) is 5.84 Å². The van der Waals surface area contributed by atoms with Crippen molar-refractivity contribution in [3.05, 3.63) is 16.6 Å². The van der Waals surface area contributed by atoms with E-state index in [9.17, 15) is 0 Å². The van der Waals surface area contributed by atoms with E-state index in [0.717, 1.165) is 12.1 Å². The molecule has 3 N–H and O–H groups in total. The number of nitrogens with one attached hydrogen (secondary N) is 1. The Bertz CT molecular complexity index is 205. The predicted molar refractivity (Wildman–Crippen MR) is 42.3 cm³/mol. The van der Waals surface area contributed by atoms with Crippen molar-refractivity contribution in [1.82, 2.24) is 4.98 Å². The van der Waals surface area contributed by atoms with Crippen LogP contribution in [0.4, 0.5) is 0 Å². The Morgan fingerprint density at radius 3 is 3.10 bits per heavy atom. The summed E-state index contributed by atoms with van der Waals surface area (Å²) in [6, 6.07) is 0. The zero-order chi connectivity index (χ0) is 7.40. The SMILES string of the molecule is N=C(N)CCc1cscn1. The number of thiazole rings is 1. The third-order valence-corrected chi connectivity index (χ3v) is 1.77. The second-order valence-electron chi connectivity index (χ2n) is 2.01. The van der Waals surface area contributed by atoms with E-state index in [1.807, 2.05) is 5.38 Å². The van der Waals surface area contributed by atoms with Gasteiger partial charge in [0.05, 0.1) is 17.0 Å². The average Bonchev–Trinajstić information content (AvgIpc) is 2.34. The summed E-state index contributed by atoms with van der Waals surface area (Å²) in [5.41, 5.74) is 7.98. The van der Waals surface area contributed by atoms with E-state index in [4.69, 9.17) is 11.1 Å². The number of aryl methyl sites for hydroxylation is 1. The molecule has 0 saturated heterocycles. The molecule has 0 saturated carbocycles. The molecule has 0 aromatic carbocycles. The van der Waals surface area contributed by atoms with Gasteiger partial charge in [-0.05, 0) is 6.42 Å². The molecule has 0 amide bonds. The molecule has 3 nitrogen and oxygen atoms in total. The highest BCUT2D eigenvalue weighted by Gasteiger charge is 1.94. The first-order valence-corrected chi connectivity index (χ1v) is 3.93. The molecule has 0 aliphatic rings. The van der Waals surface area contributed by atoms with E-state index in [1.165, 1.54) is 0 Å². The van der Waals surface area contributed by atoms with Crippen LogP contribution in [0.5, 0.6) is 0 Å². The Morgan fingerprint density at radius 1 is 1.80 bits per heavy atom. The van der Waals surface area contributed by atoms with Crippen LogP contribution in [0.1, 0.15) is 12.1 Å². The lowest BCUT2D eigenvalue weighted by Crippen LogP contribution is -2.10. The number of aromatic nitrogens is 1. The van der Waals surface area contributed by atoms with Gasteiger partial charge in [-0.1, -0.05) is 0 Å². The Hall–Kier alpha value is -0.900. The second-order valence-corrected chi connectivity index (χ2v) is 2.72. The van der Waals surface area contributed by atoms with Crippen LogP contribution in [-0.4, -0.2) is 10.8 Å². The van der Waals surface area contributed by atoms with Gasteiger partial charge >= 0.3 is 0 Å². The maximum atomic E-state index is 6.95. The molecule has 1 aromatic rings. The largest absolute Gasteiger partial charge is 0.388 e. The van der Waals surface area contributed by atoms with E-state index < -0.39 is 0 Å². The lowest BCUT2D eigenvalue weighted by molar-refractivity contribution is 0.974. The fourth-order valence-electron chi connectivity index (χ4n) is 0.624. The summed E-state index contributed by atoms with van der Waals surface area (Å²) in [5, 5.41) is 8.93. The fraction of sp³-hybridized carbons (Fsp3) is 0.333. The number of nitrogens with zero attached hydrogens (tertiary/aromatic N) is 1. The normalized spacial score (nSPS) is 9.60. The maximum absolute atomic E-state index is 6.95. The van der Waals surface area contributed by atoms with Crippen LogP contribution in [0.25, 0.3) is 0 Å². The monoisotopic (exact) mass is 155 g/mol. The standard InChI is InChI=1S/C6H9N3S/c7-6(8)2-1-5-3-10-4-9-5/h3-4H,1-2H2,(H3,7,8). The minimum atomic E-state index is 0.230. The zero-order valence-corrected chi connectivity index (χ0v) is 6.32. The molecule has 54 valence electrons. The van der Waals surface area contributed by atoms with E-state index >= 15 is 0 Å². The first-order valence-electron chi connectivity index (χ1n) is 2.99. The molecule has 0 radical (unpaired) electrons. The molecule has 0 atom stereocenters. The molecule has 10 heavy (non-hydrogen) atoms. The van der Waals surface area contributed by atoms with Gasteiger partial charge in [0.15, 0.2) is 0 Å². The van der Waals surface area contributed by atoms with E-state index in [1.54, 1.807) is 16.8 Å². The van der Waals surface area contributed by atoms with E-state index in [2.05, 4.69) is 4.98 Å². The highest BCUT2D eigenvalue weighted by molar-refractivity contribution is 7.07. The van der Waals surface area contributed by atoms with Crippen molar-refractivity contribution < 1.29 is 0 Å². The summed E-state index contributed by atoms with van der Waals surface area (Å²) < 4.78 is 0. The lowest BCUT2D eigenvalue weighted by atomic mass is 10.2. The van der Waals surface area contributed by atoms with Gasteiger partial charge in [-0.15, -0.1) is 11.3 Å². The molecular formula is C6H9N3S. The van der Waals surface area contributed by atoms with Crippen LogP contribution in [0.15, 0.2) is 10.9 Å². The minimum Gasteiger partial charge on any atom is -0.388 e. The van der Waals surface area contributed by atoms with Crippen molar-refractivity contribution in [2.24, 2.45) is 5.73 Å². The van der Waals surface area contributed by atoms with Gasteiger partial charge in [-0.25, -0.2) is 4.98 Å². The predicted octanol–water partition coefficient (Wildman–Crippen LogP) is 1.01. The van der Waals surface area contributed by atoms with Crippen molar-refractivity contribution >= 4 is 17.2 Å². The van der Waals surface area contributed by atoms with Gasteiger partial charge in [0.1, 0.15) is 0 Å². The van der Waals surface area contributed by atoms with Crippen molar-refractivity contribution in [1.29, 1.82) is 5.41 Å². The smallest absolute Gasteiger partial charge is 0.0909 e. The molecule has 0 aliphatic carbocycles. The number of nitrogens with two attached hydrogens (primary N) is 1. The van der Waals surface area contributed by atoms with Gasteiger partial charge in [0, 0.05) is 11.8 Å². The number of amidine groups is 1. The average molecular weight is 155 g/mol. The van der Waals surface area contributed by atoms with Gasteiger partial charge in [0.2, 0.25) is 0 Å². The highest BCUT2D eigenvalue weighted by Crippen LogP contribution is 2.02. The van der Waals surface area contributed by atoms with Crippen molar-refractivity contribution in [2.45, 2.75) is 12.8 Å². The van der Waals surface area contributed by atoms with Crippen LogP contribution < -0.4 is 5.73 Å². The number of hydrogen-bond donors (Lipinski definition) is 2. The van der Waals surface area contributed by atoms with Crippen LogP contribution >= 0.6 is 11.3 Å². The lowest BCUT2D eigenvalue weighted by Gasteiger charge is -1.92. The minimum absolute atomic E-state index is 0.230. The number of rotatable bonds is 3. The molecule has 0 aliphatic heterocycles. The molecule has 0 unspecified atom stereocenters. The zero-order valence-electron chi connectivity index (χ0n) is 5.50. The van der Waals surface area contributed by atoms with Crippen molar-refractivity contribution in [3.63, 3.8) is 0 Å². The molecule has 1 aromatic heterocycles. The van der Waals surface area contributed by atoms with Crippen molar-refractivity contribution in [2.75, 3.05) is 0 Å². The summed E-state index contributed by atoms with van der Waals surface area (Å²) in [5.74, 6) is 0.230. The Labute approximate surface area is 63.4 Å². The molecule has 0 fully saturated rings. The Balaban J connectivity index is 2.35. The Morgan fingerprint density at radius 2 is 2.60 bits per heavy atom. The summed E-state index contributed by atoms with van der Waals surface area (Å²) >= 11 is 1.57. The van der Waals surface area contributed by atoms with Crippen LogP contribution in [0.2, 0.25) is 0 Å². The van der Waals surface area contributed by atoms with Crippen LogP contribution in [0.3, 0.4) is 0 Å². The summed E-state index contributed by atoms with van der Waals surface area (Å²) in [4.78, 5) is 4.05. The summed E-state index contributed by atoms with van der Waals surface area (Å²) in [6.07, 6.45) is 1.41. The first-order chi connectivity index (χ1) is 4.79. The summed E-state index contributed by atoms with van der Waals surface area (Å²) in [6.45, 7) is 0. The summed E-state index contributed by atoms with van der Waals surface area (Å²) in [7, 11) is 0. The van der Waals surface area contributed by atoms with Gasteiger partial charge in [0.25, 0.3) is 0 Å². The first kappa shape index (κ1) is 7.21. The Kier molecular flexibility index (Phi) is 2.39. The molecule has 4 heteroatoms. The molecule has 1 heterocycles. The molecule has 0 bridgehead atoms. The van der Waals surface area contributed by atoms with E-state index in [0.29, 0.717) is 6.42 Å². The van der Waals surface area contributed by atoms with Crippen LogP contribution in [-0.2, 0) is 6.42 Å². The maximum Gasteiger partial charge on any atom is 0.0909 e. The van der Waals surface area contributed by atoms with Gasteiger partial charge < -0.3 is 5.73 Å². The quantitative estimate of drug-likeness (QED) is 0.505. The number of hydrogen-bond acceptors (Lipinski definition) is 3. The second kappa shape index (κ2) is 3.31. The third-order valence-electron chi connectivity index (χ3n) is 1.13. The van der Waals surface area contributed by atoms with Crippen LogP contribution in [0, 0.1) is 5.41 Å². The van der Waals surface area contributed by atoms with Gasteiger partial charge in [-0.3, -0.25) is 5.41 Å². The fourth-order valence-corrected chi connectivity index (χ4v) is 1.22.